The average molecular weight is 1360 g/mol. The van der Waals surface area contributed by atoms with Crippen molar-refractivity contribution < 1.29 is 80.2 Å². The molecule has 0 aliphatic rings. The predicted octanol–water partition coefficient (Wildman–Crippen LogP) is 21.0. The summed E-state index contributed by atoms with van der Waals surface area (Å²) in [5.41, 5.74) is 0. The molecule has 0 saturated carbocycles. The van der Waals surface area contributed by atoms with Crippen LogP contribution >= 0.6 is 15.6 Å². The van der Waals surface area contributed by atoms with Gasteiger partial charge >= 0.3 is 39.5 Å². The number of hydrogen-bond acceptors (Lipinski definition) is 15. The van der Waals surface area contributed by atoms with Gasteiger partial charge in [-0.25, -0.2) is 9.13 Å². The fraction of sp³-hybridized carbons (Fsp3) is 0.892. The van der Waals surface area contributed by atoms with Gasteiger partial charge in [-0.15, -0.1) is 0 Å². The standard InChI is InChI=1S/C74H140O17P2/c1-8-11-12-13-14-15-16-17-18-21-24-27-33-41-48-55-71(76)84-61-69(91-74(79)58-51-44-35-30-29-32-39-46-53-66(6)9-2)63-88-92(80,81)86-59-68(75)60-87-93(82,83)89-64-70(62-85-72(77)56-49-42-37-36-40-47-54-67(7)10-3)90-73(78)57-50-43-34-28-25-22-19-20-23-26-31-38-45-52-65(4)5/h15-18,65-70,75H,8-14,19-64H2,1-7H3,(H,80,81)(H,82,83)/b16-15-,18-17-/t66?,67?,68-,69-,70-/m1/s1. The molecule has 3 N–H and O–H groups in total. The number of carbonyl (C=O) groups excluding carboxylic acids is 4. The second kappa shape index (κ2) is 64.2. The van der Waals surface area contributed by atoms with Crippen molar-refractivity contribution in [3.05, 3.63) is 24.3 Å². The Labute approximate surface area is 567 Å². The van der Waals surface area contributed by atoms with Gasteiger partial charge < -0.3 is 33.8 Å². The second-order valence-electron chi connectivity index (χ2n) is 27.0. The minimum atomic E-state index is -4.96. The highest BCUT2D eigenvalue weighted by Crippen LogP contribution is 2.45. The van der Waals surface area contributed by atoms with Gasteiger partial charge in [-0.05, 0) is 69.1 Å². The van der Waals surface area contributed by atoms with Crippen molar-refractivity contribution >= 4 is 39.5 Å². The third kappa shape index (κ3) is 65.3. The van der Waals surface area contributed by atoms with Crippen LogP contribution in [0.5, 0.6) is 0 Å². The first-order valence-corrected chi connectivity index (χ1v) is 40.7. The van der Waals surface area contributed by atoms with Crippen molar-refractivity contribution in [3.63, 3.8) is 0 Å². The van der Waals surface area contributed by atoms with Crippen molar-refractivity contribution in [2.24, 2.45) is 17.8 Å². The van der Waals surface area contributed by atoms with Gasteiger partial charge in [0.15, 0.2) is 12.2 Å². The zero-order valence-electron chi connectivity index (χ0n) is 60.2. The molecule has 0 spiro atoms. The summed E-state index contributed by atoms with van der Waals surface area (Å²) >= 11 is 0. The molecule has 0 radical (unpaired) electrons. The molecule has 4 unspecified atom stereocenters. The summed E-state index contributed by atoms with van der Waals surface area (Å²) in [6, 6.07) is 0. The number of unbranched alkanes of at least 4 members (excludes halogenated alkanes) is 33. The summed E-state index contributed by atoms with van der Waals surface area (Å²) in [6.45, 7) is 11.8. The zero-order chi connectivity index (χ0) is 68.7. The molecule has 548 valence electrons. The van der Waals surface area contributed by atoms with Crippen molar-refractivity contribution in [1.29, 1.82) is 0 Å². The van der Waals surface area contributed by atoms with Crippen molar-refractivity contribution in [2.75, 3.05) is 39.6 Å². The minimum absolute atomic E-state index is 0.0977. The van der Waals surface area contributed by atoms with Gasteiger partial charge in [0.2, 0.25) is 0 Å². The van der Waals surface area contributed by atoms with Crippen LogP contribution in [0.4, 0.5) is 0 Å². The highest BCUT2D eigenvalue weighted by Gasteiger charge is 2.30. The highest BCUT2D eigenvalue weighted by molar-refractivity contribution is 7.47. The van der Waals surface area contributed by atoms with Crippen molar-refractivity contribution in [2.45, 2.75) is 369 Å². The van der Waals surface area contributed by atoms with E-state index in [4.69, 9.17) is 37.0 Å². The molecule has 0 aromatic heterocycles. The summed E-state index contributed by atoms with van der Waals surface area (Å²) in [5, 5.41) is 10.6. The third-order valence-corrected chi connectivity index (χ3v) is 19.1. The number of phosphoric acid groups is 2. The van der Waals surface area contributed by atoms with Gasteiger partial charge in [0.25, 0.3) is 0 Å². The Balaban J connectivity index is 5.28. The van der Waals surface area contributed by atoms with Crippen LogP contribution in [0, 0.1) is 17.8 Å². The first kappa shape index (κ1) is 90.5. The molecule has 0 aliphatic heterocycles. The molecule has 0 aromatic rings. The lowest BCUT2D eigenvalue weighted by Gasteiger charge is -2.21. The maximum atomic E-state index is 13.0. The van der Waals surface area contributed by atoms with Crippen LogP contribution in [0.25, 0.3) is 0 Å². The van der Waals surface area contributed by atoms with Crippen LogP contribution in [0.3, 0.4) is 0 Å². The fourth-order valence-electron chi connectivity index (χ4n) is 10.6. The topological polar surface area (TPSA) is 237 Å². The number of aliphatic hydroxyl groups excluding tert-OH is 1. The molecular weight excluding hydrogens is 1220 g/mol. The van der Waals surface area contributed by atoms with E-state index in [0.717, 1.165) is 133 Å². The van der Waals surface area contributed by atoms with E-state index in [9.17, 15) is 43.2 Å². The Morgan fingerprint density at radius 3 is 0.957 bits per heavy atom. The predicted molar refractivity (Wildman–Crippen MR) is 377 cm³/mol. The van der Waals surface area contributed by atoms with E-state index < -0.39 is 97.5 Å². The molecule has 0 fully saturated rings. The number of ether oxygens (including phenoxy) is 4. The smallest absolute Gasteiger partial charge is 0.462 e. The van der Waals surface area contributed by atoms with E-state index in [1.807, 2.05) is 0 Å². The number of esters is 4. The molecule has 0 aliphatic carbocycles. The molecule has 0 saturated heterocycles. The van der Waals surface area contributed by atoms with E-state index in [1.54, 1.807) is 0 Å². The van der Waals surface area contributed by atoms with E-state index in [2.05, 4.69) is 72.8 Å². The second-order valence-corrected chi connectivity index (χ2v) is 29.9. The maximum Gasteiger partial charge on any atom is 0.472 e. The van der Waals surface area contributed by atoms with Crippen LogP contribution in [-0.2, 0) is 65.4 Å². The number of rotatable bonds is 70. The van der Waals surface area contributed by atoms with Crippen LogP contribution in [0.15, 0.2) is 24.3 Å². The SMILES string of the molecule is CCCCCC/C=C\C=C/CCCCCCCC(=O)OC[C@H](COP(=O)(O)OC[C@@H](O)COP(=O)(O)OC[C@@H](COC(=O)CCCCCCCCC(C)CC)OC(=O)CCCCCCCCCCCCCCCC(C)C)OC(=O)CCCCCCCCCCC(C)CC. The Kier molecular flexibility index (Phi) is 62.5. The monoisotopic (exact) mass is 1360 g/mol. The van der Waals surface area contributed by atoms with Gasteiger partial charge in [0, 0.05) is 25.7 Å². The number of phosphoric ester groups is 2. The maximum absolute atomic E-state index is 13.0. The van der Waals surface area contributed by atoms with Gasteiger partial charge in [0.1, 0.15) is 19.3 Å². The van der Waals surface area contributed by atoms with Crippen LogP contribution in [0.2, 0.25) is 0 Å². The van der Waals surface area contributed by atoms with E-state index in [-0.39, 0.29) is 25.7 Å². The molecule has 0 amide bonds. The number of aliphatic hydroxyl groups is 1. The normalized spacial score (nSPS) is 14.9. The largest absolute Gasteiger partial charge is 0.472 e. The summed E-state index contributed by atoms with van der Waals surface area (Å²) in [4.78, 5) is 72.7. The molecule has 19 heteroatoms. The molecule has 0 bridgehead atoms. The Bertz CT molecular complexity index is 1920. The highest BCUT2D eigenvalue weighted by atomic mass is 31.2. The molecular formula is C74H140O17P2. The van der Waals surface area contributed by atoms with Gasteiger partial charge in [-0.1, -0.05) is 297 Å². The van der Waals surface area contributed by atoms with Gasteiger partial charge in [0.05, 0.1) is 26.4 Å². The van der Waals surface area contributed by atoms with Crippen molar-refractivity contribution in [3.8, 4) is 0 Å². The van der Waals surface area contributed by atoms with Crippen molar-refractivity contribution in [1.82, 2.24) is 0 Å². The van der Waals surface area contributed by atoms with Crippen LogP contribution < -0.4 is 0 Å². The molecule has 0 aromatic carbocycles. The molecule has 93 heavy (non-hydrogen) atoms. The lowest BCUT2D eigenvalue weighted by atomic mass is 9.99. The molecule has 0 rings (SSSR count). The summed E-state index contributed by atoms with van der Waals surface area (Å²) in [6.07, 6.45) is 52.1. The zero-order valence-corrected chi connectivity index (χ0v) is 62.0. The fourth-order valence-corrected chi connectivity index (χ4v) is 12.2. The number of carbonyl (C=O) groups is 4. The third-order valence-electron chi connectivity index (χ3n) is 17.2. The van der Waals surface area contributed by atoms with Gasteiger partial charge in [-0.3, -0.25) is 37.3 Å². The molecule has 17 nitrogen and oxygen atoms in total. The van der Waals surface area contributed by atoms with Gasteiger partial charge in [-0.2, -0.15) is 0 Å². The quantitative estimate of drug-likeness (QED) is 0.0169. The Morgan fingerprint density at radius 2 is 0.634 bits per heavy atom. The van der Waals surface area contributed by atoms with E-state index in [0.29, 0.717) is 25.7 Å². The van der Waals surface area contributed by atoms with Crippen LogP contribution in [0.1, 0.15) is 350 Å². The summed E-state index contributed by atoms with van der Waals surface area (Å²) in [5.74, 6) is 0.127. The summed E-state index contributed by atoms with van der Waals surface area (Å²) < 4.78 is 68.4. The first-order chi connectivity index (χ1) is 44.8. The van der Waals surface area contributed by atoms with E-state index >= 15 is 0 Å². The molecule has 7 atom stereocenters. The molecule has 0 heterocycles. The average Bonchev–Trinajstić information content (AvgIpc) is 3.73. The Hall–Kier alpha value is -2.46. The van der Waals surface area contributed by atoms with Crippen LogP contribution in [-0.4, -0.2) is 96.7 Å². The Morgan fingerprint density at radius 1 is 0.355 bits per heavy atom. The van der Waals surface area contributed by atoms with E-state index in [1.165, 1.54) is 135 Å². The lowest BCUT2D eigenvalue weighted by molar-refractivity contribution is -0.161. The lowest BCUT2D eigenvalue weighted by Crippen LogP contribution is -2.30. The number of allylic oxidation sites excluding steroid dienone is 4. The minimum Gasteiger partial charge on any atom is -0.462 e. The first-order valence-electron chi connectivity index (χ1n) is 37.7. The summed E-state index contributed by atoms with van der Waals surface area (Å²) in [7, 11) is -9.92. The number of hydrogen-bond donors (Lipinski definition) is 3.